The number of hydrogen-bond acceptors (Lipinski definition) is 6. The van der Waals surface area contributed by atoms with Crippen molar-refractivity contribution >= 4 is 55.9 Å². The second kappa shape index (κ2) is 9.57. The van der Waals surface area contributed by atoms with E-state index >= 15 is 0 Å². The number of amidine groups is 1. The van der Waals surface area contributed by atoms with Crippen molar-refractivity contribution < 1.29 is 4.79 Å². The zero-order chi connectivity index (χ0) is 21.8. The molecule has 1 aromatic heterocycles. The number of fused-ring (bicyclic) bond motifs is 1. The normalized spacial score (nSPS) is 15.6. The standard InChI is InChI=1S/C22H20BrN5O2S/c1-2-3-12-27-20(29)14-31-22(27)26-24-13-19-25-18-7-5-4-6-17(18)21(30)28(19)16-10-8-15(23)9-11-16/h4-11,13H,2-3,12,14H2,1H3/b24-13+,26-22-. The quantitative estimate of drug-likeness (QED) is 0.377. The lowest BCUT2D eigenvalue weighted by atomic mass is 10.2. The maximum atomic E-state index is 13.2. The number of benzene rings is 2. The van der Waals surface area contributed by atoms with Gasteiger partial charge in [-0.05, 0) is 42.8 Å². The highest BCUT2D eigenvalue weighted by Crippen LogP contribution is 2.20. The highest BCUT2D eigenvalue weighted by molar-refractivity contribution is 9.10. The highest BCUT2D eigenvalue weighted by atomic mass is 79.9. The predicted molar refractivity (Wildman–Crippen MR) is 129 cm³/mol. The summed E-state index contributed by atoms with van der Waals surface area (Å²) in [4.78, 5) is 31.6. The van der Waals surface area contributed by atoms with E-state index in [0.29, 0.717) is 39.9 Å². The van der Waals surface area contributed by atoms with Crippen molar-refractivity contribution in [1.29, 1.82) is 0 Å². The molecule has 0 radical (unpaired) electrons. The molecule has 1 aliphatic heterocycles. The molecular formula is C22H20BrN5O2S. The van der Waals surface area contributed by atoms with Crippen molar-refractivity contribution in [2.75, 3.05) is 12.3 Å². The van der Waals surface area contributed by atoms with Crippen LogP contribution in [0.3, 0.4) is 0 Å². The Bertz CT molecular complexity index is 1240. The van der Waals surface area contributed by atoms with E-state index in [-0.39, 0.29) is 11.5 Å². The van der Waals surface area contributed by atoms with E-state index in [2.05, 4.69) is 38.0 Å². The molecule has 1 saturated heterocycles. The van der Waals surface area contributed by atoms with Crippen LogP contribution in [-0.2, 0) is 4.79 Å². The van der Waals surface area contributed by atoms with Gasteiger partial charge in [0.1, 0.15) is 0 Å². The lowest BCUT2D eigenvalue weighted by molar-refractivity contribution is -0.124. The molecule has 0 aliphatic carbocycles. The van der Waals surface area contributed by atoms with Crippen molar-refractivity contribution in [2.45, 2.75) is 19.8 Å². The van der Waals surface area contributed by atoms with Gasteiger partial charge in [0, 0.05) is 11.0 Å². The molecule has 9 heteroatoms. The average Bonchev–Trinajstić information content (AvgIpc) is 3.13. The average molecular weight is 498 g/mol. The van der Waals surface area contributed by atoms with Crippen molar-refractivity contribution in [1.82, 2.24) is 14.5 Å². The van der Waals surface area contributed by atoms with Gasteiger partial charge in [0.15, 0.2) is 11.0 Å². The Morgan fingerprint density at radius 1 is 1.16 bits per heavy atom. The van der Waals surface area contributed by atoms with E-state index in [1.165, 1.54) is 22.5 Å². The molecule has 0 saturated carbocycles. The fraction of sp³-hybridized carbons (Fsp3) is 0.227. The van der Waals surface area contributed by atoms with Crippen molar-refractivity contribution in [3.8, 4) is 5.69 Å². The SMILES string of the molecule is CCCCN1C(=O)CS/C1=N\N=C\c1nc2ccccc2c(=O)n1-c1ccc(Br)cc1. The zero-order valence-electron chi connectivity index (χ0n) is 16.9. The number of carbonyl (C=O) groups is 1. The van der Waals surface area contributed by atoms with Gasteiger partial charge >= 0.3 is 0 Å². The Morgan fingerprint density at radius 2 is 1.94 bits per heavy atom. The van der Waals surface area contributed by atoms with Crippen LogP contribution in [0.2, 0.25) is 0 Å². The van der Waals surface area contributed by atoms with Crippen LogP contribution in [0.25, 0.3) is 16.6 Å². The number of amides is 1. The first-order valence-electron chi connectivity index (χ1n) is 9.90. The summed E-state index contributed by atoms with van der Waals surface area (Å²) < 4.78 is 2.43. The number of thioether (sulfide) groups is 1. The fourth-order valence-corrected chi connectivity index (χ4v) is 4.34. The third-order valence-corrected chi connectivity index (χ3v) is 6.28. The number of aromatic nitrogens is 2. The Labute approximate surface area is 192 Å². The van der Waals surface area contributed by atoms with Crippen molar-refractivity contribution in [3.05, 3.63) is 69.2 Å². The van der Waals surface area contributed by atoms with Gasteiger partial charge in [0.05, 0.1) is 28.6 Å². The fourth-order valence-electron chi connectivity index (χ4n) is 3.21. The number of unbranched alkanes of at least 4 members (excludes halogenated alkanes) is 1. The van der Waals surface area contributed by atoms with Gasteiger partial charge in [0.25, 0.3) is 5.56 Å². The molecule has 3 aromatic rings. The summed E-state index contributed by atoms with van der Waals surface area (Å²) >= 11 is 4.79. The minimum atomic E-state index is -0.183. The minimum Gasteiger partial charge on any atom is -0.289 e. The lowest BCUT2D eigenvalue weighted by Crippen LogP contribution is -2.30. The van der Waals surface area contributed by atoms with Gasteiger partial charge in [0.2, 0.25) is 5.91 Å². The van der Waals surface area contributed by atoms with Gasteiger partial charge in [-0.3, -0.25) is 19.1 Å². The number of nitrogens with zero attached hydrogens (tertiary/aromatic N) is 5. The zero-order valence-corrected chi connectivity index (χ0v) is 19.3. The van der Waals surface area contributed by atoms with Crippen LogP contribution >= 0.6 is 27.7 Å². The number of carbonyl (C=O) groups excluding carboxylic acids is 1. The Hall–Kier alpha value is -2.78. The van der Waals surface area contributed by atoms with E-state index in [1.54, 1.807) is 17.0 Å². The first-order valence-corrected chi connectivity index (χ1v) is 11.7. The maximum Gasteiger partial charge on any atom is 0.266 e. The molecule has 0 N–H and O–H groups in total. The molecular weight excluding hydrogens is 478 g/mol. The third-order valence-electron chi connectivity index (χ3n) is 4.79. The molecule has 158 valence electrons. The second-order valence-electron chi connectivity index (χ2n) is 6.92. The first kappa shape index (κ1) is 21.5. The number of hydrogen-bond donors (Lipinski definition) is 0. The van der Waals surface area contributed by atoms with Crippen LogP contribution in [0.15, 0.2) is 68.0 Å². The van der Waals surface area contributed by atoms with E-state index in [9.17, 15) is 9.59 Å². The summed E-state index contributed by atoms with van der Waals surface area (Å²) in [6, 6.07) is 14.6. The molecule has 4 rings (SSSR count). The smallest absolute Gasteiger partial charge is 0.266 e. The van der Waals surface area contributed by atoms with Crippen LogP contribution in [-0.4, -0.2) is 44.0 Å². The molecule has 0 atom stereocenters. The Balaban J connectivity index is 1.76. The third kappa shape index (κ3) is 4.62. The summed E-state index contributed by atoms with van der Waals surface area (Å²) in [5.41, 5.74) is 1.08. The number of rotatable bonds is 6. The number of halogens is 1. The van der Waals surface area contributed by atoms with Crippen LogP contribution in [0.1, 0.15) is 25.6 Å². The van der Waals surface area contributed by atoms with Gasteiger partial charge in [-0.15, -0.1) is 5.10 Å². The van der Waals surface area contributed by atoms with Crippen molar-refractivity contribution in [3.63, 3.8) is 0 Å². The molecule has 1 fully saturated rings. The van der Waals surface area contributed by atoms with Gasteiger partial charge in [-0.2, -0.15) is 5.10 Å². The minimum absolute atomic E-state index is 0.0444. The molecule has 0 bridgehead atoms. The highest BCUT2D eigenvalue weighted by Gasteiger charge is 2.27. The van der Waals surface area contributed by atoms with E-state index in [1.807, 2.05) is 36.4 Å². The first-order chi connectivity index (χ1) is 15.1. The lowest BCUT2D eigenvalue weighted by Gasteiger charge is -2.14. The van der Waals surface area contributed by atoms with Crippen LogP contribution < -0.4 is 5.56 Å². The Morgan fingerprint density at radius 3 is 2.71 bits per heavy atom. The van der Waals surface area contributed by atoms with E-state index in [4.69, 9.17) is 0 Å². The maximum absolute atomic E-state index is 13.2. The summed E-state index contributed by atoms with van der Waals surface area (Å²) in [6.07, 6.45) is 3.36. The molecule has 31 heavy (non-hydrogen) atoms. The summed E-state index contributed by atoms with van der Waals surface area (Å²) in [7, 11) is 0. The van der Waals surface area contributed by atoms with Crippen LogP contribution in [0.4, 0.5) is 0 Å². The summed E-state index contributed by atoms with van der Waals surface area (Å²) in [5.74, 6) is 0.781. The molecule has 0 spiro atoms. The summed E-state index contributed by atoms with van der Waals surface area (Å²) in [6.45, 7) is 2.71. The molecule has 1 amide bonds. The topological polar surface area (TPSA) is 79.9 Å². The van der Waals surface area contributed by atoms with Crippen molar-refractivity contribution in [2.24, 2.45) is 10.2 Å². The van der Waals surface area contributed by atoms with Crippen LogP contribution in [0, 0.1) is 0 Å². The molecule has 1 aliphatic rings. The largest absolute Gasteiger partial charge is 0.289 e. The Kier molecular flexibility index (Phi) is 6.62. The van der Waals surface area contributed by atoms with Gasteiger partial charge < -0.3 is 0 Å². The molecule has 7 nitrogen and oxygen atoms in total. The molecule has 2 heterocycles. The summed E-state index contributed by atoms with van der Waals surface area (Å²) in [5, 5.41) is 9.54. The monoisotopic (exact) mass is 497 g/mol. The van der Waals surface area contributed by atoms with Gasteiger partial charge in [-0.25, -0.2) is 4.98 Å². The van der Waals surface area contributed by atoms with Gasteiger partial charge in [-0.1, -0.05) is 53.2 Å². The van der Waals surface area contributed by atoms with E-state index < -0.39 is 0 Å². The second-order valence-corrected chi connectivity index (χ2v) is 8.78. The molecule has 2 aromatic carbocycles. The predicted octanol–water partition coefficient (Wildman–Crippen LogP) is 4.21. The van der Waals surface area contributed by atoms with E-state index in [0.717, 1.165) is 17.3 Å². The van der Waals surface area contributed by atoms with Crippen LogP contribution in [0.5, 0.6) is 0 Å². The number of para-hydroxylation sites is 1. The molecule has 0 unspecified atom stereocenters.